The highest BCUT2D eigenvalue weighted by Crippen LogP contribution is 2.44. The van der Waals surface area contributed by atoms with Gasteiger partial charge in [0.05, 0.1) is 11.4 Å². The Hall–Kier alpha value is -1.82. The second-order valence-corrected chi connectivity index (χ2v) is 9.01. The third-order valence-corrected chi connectivity index (χ3v) is 6.59. The second kappa shape index (κ2) is 6.97. The molecule has 3 saturated carbocycles. The summed E-state index contributed by atoms with van der Waals surface area (Å²) in [7, 11) is 2.01. The van der Waals surface area contributed by atoms with Gasteiger partial charge in [0.15, 0.2) is 0 Å². The first-order valence-corrected chi connectivity index (χ1v) is 10.7. The molecule has 2 N–H and O–H groups in total. The monoisotopic (exact) mass is 366 g/mol. The maximum Gasteiger partial charge on any atom is 0.135 e. The highest BCUT2D eigenvalue weighted by atomic mass is 15.4. The Morgan fingerprint density at radius 3 is 2.37 bits per heavy atom. The van der Waals surface area contributed by atoms with E-state index < -0.39 is 0 Å². The van der Waals surface area contributed by atoms with Crippen molar-refractivity contribution >= 4 is 0 Å². The van der Waals surface area contributed by atoms with E-state index in [0.29, 0.717) is 17.9 Å². The van der Waals surface area contributed by atoms with Crippen LogP contribution < -0.4 is 5.73 Å². The van der Waals surface area contributed by atoms with Crippen LogP contribution in [-0.4, -0.2) is 31.0 Å². The first kappa shape index (κ1) is 17.3. The fourth-order valence-electron chi connectivity index (χ4n) is 4.44. The van der Waals surface area contributed by atoms with E-state index in [0.717, 1.165) is 48.8 Å². The van der Waals surface area contributed by atoms with E-state index >= 15 is 0 Å². The summed E-state index contributed by atoms with van der Waals surface area (Å²) in [5.41, 5.74) is 10.6. The highest BCUT2D eigenvalue weighted by molar-refractivity contribution is 5.62. The molecule has 2 aromatic heterocycles. The van der Waals surface area contributed by atoms with Gasteiger partial charge in [-0.05, 0) is 75.5 Å². The summed E-state index contributed by atoms with van der Waals surface area (Å²) in [6.45, 7) is 0. The minimum absolute atomic E-state index is 0.388. The molecule has 2 heterocycles. The summed E-state index contributed by atoms with van der Waals surface area (Å²) < 4.78 is 1.95. The molecule has 0 atom stereocenters. The van der Waals surface area contributed by atoms with Crippen molar-refractivity contribution in [2.75, 3.05) is 0 Å². The van der Waals surface area contributed by atoms with Crippen LogP contribution in [0.5, 0.6) is 0 Å². The molecule has 3 fully saturated rings. The zero-order chi connectivity index (χ0) is 18.4. The van der Waals surface area contributed by atoms with Gasteiger partial charge in [0.2, 0.25) is 0 Å². The summed E-state index contributed by atoms with van der Waals surface area (Å²) in [4.78, 5) is 9.81. The first-order valence-electron chi connectivity index (χ1n) is 10.7. The van der Waals surface area contributed by atoms with Gasteiger partial charge in [-0.15, -0.1) is 5.10 Å². The van der Waals surface area contributed by atoms with Crippen molar-refractivity contribution in [2.24, 2.45) is 24.6 Å². The number of hydrogen-bond donors (Lipinski definition) is 1. The molecular formula is C21H30N6. The maximum absolute atomic E-state index is 6.07. The van der Waals surface area contributed by atoms with Crippen LogP contribution >= 0.6 is 0 Å². The number of rotatable bonds is 6. The number of hydrogen-bond acceptors (Lipinski definition) is 5. The molecule has 5 rings (SSSR count). The van der Waals surface area contributed by atoms with Crippen molar-refractivity contribution < 1.29 is 0 Å². The van der Waals surface area contributed by atoms with Crippen molar-refractivity contribution in [2.45, 2.75) is 76.2 Å². The zero-order valence-electron chi connectivity index (χ0n) is 16.3. The second-order valence-electron chi connectivity index (χ2n) is 9.01. The van der Waals surface area contributed by atoms with E-state index in [4.69, 9.17) is 15.7 Å². The molecule has 6 nitrogen and oxygen atoms in total. The van der Waals surface area contributed by atoms with Crippen molar-refractivity contribution in [3.63, 3.8) is 0 Å². The Bertz CT molecular complexity index is 812. The molecule has 0 aliphatic heterocycles. The van der Waals surface area contributed by atoms with Gasteiger partial charge >= 0.3 is 0 Å². The van der Waals surface area contributed by atoms with Crippen molar-refractivity contribution in [3.05, 3.63) is 23.3 Å². The zero-order valence-corrected chi connectivity index (χ0v) is 16.3. The molecule has 144 valence electrons. The average Bonchev–Trinajstić information content (AvgIpc) is 3.58. The molecule has 27 heavy (non-hydrogen) atoms. The Labute approximate surface area is 161 Å². The van der Waals surface area contributed by atoms with Gasteiger partial charge in [-0.1, -0.05) is 5.21 Å². The van der Waals surface area contributed by atoms with Crippen LogP contribution in [0.1, 0.15) is 74.4 Å². The van der Waals surface area contributed by atoms with Crippen molar-refractivity contribution in [1.82, 2.24) is 25.0 Å². The van der Waals surface area contributed by atoms with Gasteiger partial charge in [0.1, 0.15) is 11.5 Å². The van der Waals surface area contributed by atoms with Crippen LogP contribution in [0.25, 0.3) is 11.4 Å². The molecule has 3 aliphatic rings. The van der Waals surface area contributed by atoms with Crippen LogP contribution in [0, 0.1) is 11.8 Å². The van der Waals surface area contributed by atoms with Gasteiger partial charge in [0, 0.05) is 31.3 Å². The third-order valence-electron chi connectivity index (χ3n) is 6.59. The summed E-state index contributed by atoms with van der Waals surface area (Å²) in [6.07, 6.45) is 13.9. The van der Waals surface area contributed by atoms with Gasteiger partial charge in [-0.2, -0.15) is 0 Å². The molecule has 2 aromatic rings. The Morgan fingerprint density at radius 1 is 0.963 bits per heavy atom. The molecule has 3 aliphatic carbocycles. The van der Waals surface area contributed by atoms with E-state index in [1.807, 2.05) is 11.7 Å². The van der Waals surface area contributed by atoms with E-state index in [2.05, 4.69) is 16.5 Å². The van der Waals surface area contributed by atoms with Crippen LogP contribution in [-0.2, 0) is 19.9 Å². The quantitative estimate of drug-likeness (QED) is 0.849. The average molecular weight is 367 g/mol. The fraction of sp³-hybridized carbons (Fsp3) is 0.714. The molecule has 6 heteroatoms. The molecule has 0 radical (unpaired) electrons. The van der Waals surface area contributed by atoms with E-state index in [1.54, 1.807) is 0 Å². The highest BCUT2D eigenvalue weighted by Gasteiger charge is 2.32. The van der Waals surface area contributed by atoms with Gasteiger partial charge in [-0.25, -0.2) is 9.97 Å². The lowest BCUT2D eigenvalue weighted by molar-refractivity contribution is 0.321. The SMILES string of the molecule is Cn1nnc(-c2nc(CC3CCC(N)CC3)ncc2C2CC2)c1CC1CC1. The summed E-state index contributed by atoms with van der Waals surface area (Å²) >= 11 is 0. The number of nitrogens with zero attached hydrogens (tertiary/aromatic N) is 5. The normalized spacial score (nSPS) is 25.7. The summed E-state index contributed by atoms with van der Waals surface area (Å²) in [5.74, 6) is 3.05. The Kier molecular flexibility index (Phi) is 4.46. The largest absolute Gasteiger partial charge is 0.328 e. The fourth-order valence-corrected chi connectivity index (χ4v) is 4.44. The van der Waals surface area contributed by atoms with Crippen LogP contribution in [0.3, 0.4) is 0 Å². The predicted octanol–water partition coefficient (Wildman–Crippen LogP) is 3.16. The van der Waals surface area contributed by atoms with Crippen molar-refractivity contribution in [1.29, 1.82) is 0 Å². The molecule has 0 spiro atoms. The maximum atomic E-state index is 6.07. The topological polar surface area (TPSA) is 82.5 Å². The lowest BCUT2D eigenvalue weighted by Crippen LogP contribution is -2.27. The first-order chi connectivity index (χ1) is 13.2. The lowest BCUT2D eigenvalue weighted by atomic mass is 9.84. The standard InChI is InChI=1S/C21H30N6/c1-27-18(10-13-2-3-13)21(25-26-27)20-17(15-6-7-15)12-23-19(24-20)11-14-4-8-16(22)9-5-14/h12-16H,2-11,22H2,1H3. The van der Waals surface area contributed by atoms with E-state index in [-0.39, 0.29) is 0 Å². The molecule has 0 bridgehead atoms. The smallest absolute Gasteiger partial charge is 0.135 e. The van der Waals surface area contributed by atoms with Crippen LogP contribution in [0.2, 0.25) is 0 Å². The Morgan fingerprint density at radius 2 is 1.67 bits per heavy atom. The van der Waals surface area contributed by atoms with Gasteiger partial charge < -0.3 is 5.73 Å². The molecular weight excluding hydrogens is 336 g/mol. The third kappa shape index (κ3) is 3.77. The van der Waals surface area contributed by atoms with Gasteiger partial charge in [-0.3, -0.25) is 4.68 Å². The molecule has 0 unspecified atom stereocenters. The van der Waals surface area contributed by atoms with E-state index in [9.17, 15) is 0 Å². The van der Waals surface area contributed by atoms with Crippen LogP contribution in [0.15, 0.2) is 6.20 Å². The lowest BCUT2D eigenvalue weighted by Gasteiger charge is -2.25. The van der Waals surface area contributed by atoms with E-state index in [1.165, 1.54) is 49.8 Å². The summed E-state index contributed by atoms with van der Waals surface area (Å²) in [5, 5.41) is 8.88. The molecule has 0 amide bonds. The van der Waals surface area contributed by atoms with Gasteiger partial charge in [0.25, 0.3) is 0 Å². The number of aryl methyl sites for hydroxylation is 1. The predicted molar refractivity (Wildman–Crippen MR) is 104 cm³/mol. The summed E-state index contributed by atoms with van der Waals surface area (Å²) in [6, 6.07) is 0.388. The van der Waals surface area contributed by atoms with Crippen molar-refractivity contribution in [3.8, 4) is 11.4 Å². The minimum Gasteiger partial charge on any atom is -0.328 e. The molecule has 0 saturated heterocycles. The minimum atomic E-state index is 0.388. The number of nitrogens with two attached hydrogens (primary N) is 1. The van der Waals surface area contributed by atoms with Crippen LogP contribution in [0.4, 0.5) is 0 Å². The number of aromatic nitrogens is 5. The Balaban J connectivity index is 1.45. The molecule has 0 aromatic carbocycles.